The summed E-state index contributed by atoms with van der Waals surface area (Å²) < 4.78 is 38.8. The highest BCUT2D eigenvalue weighted by Crippen LogP contribution is 2.37. The van der Waals surface area contributed by atoms with Crippen LogP contribution in [0.15, 0.2) is 18.5 Å². The lowest BCUT2D eigenvalue weighted by atomic mass is 9.88. The lowest BCUT2D eigenvalue weighted by Gasteiger charge is -2.27. The van der Waals surface area contributed by atoms with Crippen molar-refractivity contribution in [2.75, 3.05) is 0 Å². The van der Waals surface area contributed by atoms with Crippen molar-refractivity contribution in [3.63, 3.8) is 0 Å². The number of alkyl halides is 3. The molecule has 0 fully saturated rings. The molecule has 1 rings (SSSR count). The Bertz CT molecular complexity index is 375. The maximum Gasteiger partial charge on any atom is 0.416 e. The predicted octanol–water partition coefficient (Wildman–Crippen LogP) is 3.04. The Labute approximate surface area is 105 Å². The molecule has 1 unspecified atom stereocenters. The fourth-order valence-corrected chi connectivity index (χ4v) is 2.15. The van der Waals surface area contributed by atoms with E-state index < -0.39 is 17.8 Å². The van der Waals surface area contributed by atoms with Gasteiger partial charge in [-0.2, -0.15) is 13.2 Å². The second-order valence-corrected chi connectivity index (χ2v) is 4.18. The third-order valence-electron chi connectivity index (χ3n) is 3.19. The average molecular weight is 261 g/mol. The highest BCUT2D eigenvalue weighted by Gasteiger charge is 2.36. The molecule has 1 aromatic heterocycles. The molecule has 1 heterocycles. The van der Waals surface area contributed by atoms with Crippen molar-refractivity contribution in [3.05, 3.63) is 29.6 Å². The maximum absolute atomic E-state index is 12.9. The summed E-state index contributed by atoms with van der Waals surface area (Å²) in [5.74, 6) is 5.47. The van der Waals surface area contributed by atoms with Crippen LogP contribution in [0.25, 0.3) is 0 Å². The maximum atomic E-state index is 12.9. The average Bonchev–Trinajstić information content (AvgIpc) is 2.34. The first-order valence-corrected chi connectivity index (χ1v) is 5.92. The fourth-order valence-electron chi connectivity index (χ4n) is 2.15. The van der Waals surface area contributed by atoms with Gasteiger partial charge in [-0.3, -0.25) is 16.3 Å². The predicted molar refractivity (Wildman–Crippen MR) is 63.4 cm³/mol. The first-order chi connectivity index (χ1) is 8.45. The molecule has 102 valence electrons. The summed E-state index contributed by atoms with van der Waals surface area (Å²) in [5.41, 5.74) is 1.93. The van der Waals surface area contributed by atoms with Crippen LogP contribution in [0.4, 0.5) is 13.2 Å². The monoisotopic (exact) mass is 261 g/mol. The number of nitrogens with two attached hydrogens (primary N) is 1. The molecule has 0 saturated heterocycles. The zero-order valence-corrected chi connectivity index (χ0v) is 10.5. The molecule has 18 heavy (non-hydrogen) atoms. The van der Waals surface area contributed by atoms with Gasteiger partial charge in [0.15, 0.2) is 0 Å². The first kappa shape index (κ1) is 14.9. The summed E-state index contributed by atoms with van der Waals surface area (Å²) in [6, 6.07) is 0.451. The van der Waals surface area contributed by atoms with Gasteiger partial charge in [-0.15, -0.1) is 0 Å². The van der Waals surface area contributed by atoms with Gasteiger partial charge in [-0.25, -0.2) is 0 Å². The molecular formula is C12H18F3N3. The summed E-state index contributed by atoms with van der Waals surface area (Å²) in [7, 11) is 0. The molecule has 0 aliphatic carbocycles. The van der Waals surface area contributed by atoms with E-state index in [1.54, 1.807) is 0 Å². The van der Waals surface area contributed by atoms with Crippen molar-refractivity contribution < 1.29 is 13.2 Å². The smallest absolute Gasteiger partial charge is 0.271 e. The Hall–Kier alpha value is -1.14. The van der Waals surface area contributed by atoms with E-state index in [4.69, 9.17) is 5.84 Å². The van der Waals surface area contributed by atoms with E-state index in [0.717, 1.165) is 25.1 Å². The van der Waals surface area contributed by atoms with E-state index in [1.807, 2.05) is 13.8 Å². The molecule has 0 aromatic carbocycles. The number of aromatic nitrogens is 1. The van der Waals surface area contributed by atoms with Gasteiger partial charge >= 0.3 is 6.18 Å². The lowest BCUT2D eigenvalue weighted by molar-refractivity contribution is -0.138. The van der Waals surface area contributed by atoms with Crippen molar-refractivity contribution in [2.45, 2.75) is 38.9 Å². The Morgan fingerprint density at radius 2 is 1.94 bits per heavy atom. The van der Waals surface area contributed by atoms with Crippen LogP contribution in [0.5, 0.6) is 0 Å². The highest BCUT2D eigenvalue weighted by atomic mass is 19.4. The summed E-state index contributed by atoms with van der Waals surface area (Å²) >= 11 is 0. The van der Waals surface area contributed by atoms with Crippen molar-refractivity contribution in [3.8, 4) is 0 Å². The van der Waals surface area contributed by atoms with Gasteiger partial charge in [0.05, 0.1) is 11.6 Å². The third-order valence-corrected chi connectivity index (χ3v) is 3.19. The lowest BCUT2D eigenvalue weighted by Crippen LogP contribution is -2.34. The van der Waals surface area contributed by atoms with Crippen LogP contribution in [-0.4, -0.2) is 4.98 Å². The number of nitrogens with one attached hydrogen (secondary N) is 1. The van der Waals surface area contributed by atoms with E-state index in [1.165, 1.54) is 6.20 Å². The molecule has 0 bridgehead atoms. The number of hydrazine groups is 1. The number of hydrogen-bond acceptors (Lipinski definition) is 3. The number of pyridine rings is 1. The molecule has 1 atom stereocenters. The van der Waals surface area contributed by atoms with E-state index >= 15 is 0 Å². The van der Waals surface area contributed by atoms with E-state index in [9.17, 15) is 13.2 Å². The van der Waals surface area contributed by atoms with Crippen LogP contribution in [0, 0.1) is 5.92 Å². The number of nitrogens with zero attached hydrogens (tertiary/aromatic N) is 1. The summed E-state index contributed by atoms with van der Waals surface area (Å²) in [6.45, 7) is 3.87. The van der Waals surface area contributed by atoms with Crippen LogP contribution in [-0.2, 0) is 6.18 Å². The summed E-state index contributed by atoms with van der Waals surface area (Å²) in [5, 5.41) is 0. The fraction of sp³-hybridized carbons (Fsp3) is 0.583. The third kappa shape index (κ3) is 3.20. The van der Waals surface area contributed by atoms with Crippen LogP contribution in [0.3, 0.4) is 0 Å². The van der Waals surface area contributed by atoms with E-state index in [0.29, 0.717) is 0 Å². The zero-order valence-electron chi connectivity index (χ0n) is 10.5. The summed E-state index contributed by atoms with van der Waals surface area (Å²) in [4.78, 5) is 3.78. The second kappa shape index (κ2) is 6.15. The molecule has 0 saturated carbocycles. The van der Waals surface area contributed by atoms with Gasteiger partial charge in [-0.1, -0.05) is 26.7 Å². The number of halogens is 3. The van der Waals surface area contributed by atoms with Crippen molar-refractivity contribution in [2.24, 2.45) is 11.8 Å². The molecule has 6 heteroatoms. The molecule has 3 N–H and O–H groups in total. The SMILES string of the molecule is CCC(CC)C(NN)c1cnccc1C(F)(F)F. The minimum atomic E-state index is -4.39. The minimum Gasteiger partial charge on any atom is -0.271 e. The van der Waals surface area contributed by atoms with Gasteiger partial charge in [0.25, 0.3) is 0 Å². The topological polar surface area (TPSA) is 50.9 Å². The largest absolute Gasteiger partial charge is 0.416 e. The molecular weight excluding hydrogens is 243 g/mol. The van der Waals surface area contributed by atoms with Gasteiger partial charge < -0.3 is 0 Å². The van der Waals surface area contributed by atoms with Crippen molar-refractivity contribution in [1.29, 1.82) is 0 Å². The Kier molecular flexibility index (Phi) is 5.10. The van der Waals surface area contributed by atoms with Crippen LogP contribution in [0.1, 0.15) is 43.9 Å². The van der Waals surface area contributed by atoms with Gasteiger partial charge in [0.1, 0.15) is 0 Å². The molecule has 0 radical (unpaired) electrons. The Morgan fingerprint density at radius 3 is 2.39 bits per heavy atom. The van der Waals surface area contributed by atoms with Gasteiger partial charge in [0.2, 0.25) is 0 Å². The van der Waals surface area contributed by atoms with E-state index in [-0.39, 0.29) is 11.5 Å². The number of hydrogen-bond donors (Lipinski definition) is 2. The van der Waals surface area contributed by atoms with E-state index in [2.05, 4.69) is 10.4 Å². The molecule has 3 nitrogen and oxygen atoms in total. The van der Waals surface area contributed by atoms with Crippen molar-refractivity contribution in [1.82, 2.24) is 10.4 Å². The van der Waals surface area contributed by atoms with Gasteiger partial charge in [0, 0.05) is 18.0 Å². The molecule has 0 aliphatic heterocycles. The Balaban J connectivity index is 3.21. The van der Waals surface area contributed by atoms with Crippen LogP contribution < -0.4 is 11.3 Å². The first-order valence-electron chi connectivity index (χ1n) is 5.92. The van der Waals surface area contributed by atoms with Crippen LogP contribution >= 0.6 is 0 Å². The standard InChI is InChI=1S/C12H18F3N3/c1-3-8(4-2)11(18-16)9-7-17-6-5-10(9)12(13,14)15/h5-8,11,18H,3-4,16H2,1-2H3. The van der Waals surface area contributed by atoms with Gasteiger partial charge in [-0.05, 0) is 12.0 Å². The zero-order chi connectivity index (χ0) is 13.8. The van der Waals surface area contributed by atoms with Crippen molar-refractivity contribution >= 4 is 0 Å². The Morgan fingerprint density at radius 1 is 1.33 bits per heavy atom. The normalized spacial score (nSPS) is 13.9. The molecule has 0 aliphatic rings. The second-order valence-electron chi connectivity index (χ2n) is 4.18. The molecule has 0 spiro atoms. The van der Waals surface area contributed by atoms with Crippen LogP contribution in [0.2, 0.25) is 0 Å². The highest BCUT2D eigenvalue weighted by molar-refractivity contribution is 5.29. The summed E-state index contributed by atoms with van der Waals surface area (Å²) in [6.07, 6.45) is -0.507. The molecule has 0 amide bonds. The number of rotatable bonds is 5. The molecule has 1 aromatic rings. The quantitative estimate of drug-likeness (QED) is 0.632. The minimum absolute atomic E-state index is 0.0419.